The zero-order chi connectivity index (χ0) is 19.5. The molecule has 2 N–H and O–H groups in total. The number of rotatable bonds is 11. The van der Waals surface area contributed by atoms with Crippen molar-refractivity contribution >= 4 is 18.1 Å². The van der Waals surface area contributed by atoms with Crippen molar-refractivity contribution in [3.05, 3.63) is 35.9 Å². The lowest BCUT2D eigenvalue weighted by Crippen LogP contribution is -2.51. The zero-order valence-electron chi connectivity index (χ0n) is 16.3. The number of hydrogen-bond donors (Lipinski definition) is 2. The van der Waals surface area contributed by atoms with E-state index in [2.05, 4.69) is 17.6 Å². The third kappa shape index (κ3) is 7.81. The summed E-state index contributed by atoms with van der Waals surface area (Å²) in [6.07, 6.45) is 3.53. The van der Waals surface area contributed by atoms with Crippen LogP contribution in [-0.4, -0.2) is 30.2 Å². The Morgan fingerprint density at radius 1 is 1.04 bits per heavy atom. The number of carbonyl (C=O) groups is 3. The number of nitrogens with one attached hydrogen (secondary N) is 2. The van der Waals surface area contributed by atoms with E-state index < -0.39 is 12.1 Å². The number of benzene rings is 1. The van der Waals surface area contributed by atoms with Crippen LogP contribution in [0.5, 0.6) is 0 Å². The monoisotopic (exact) mass is 360 g/mol. The van der Waals surface area contributed by atoms with E-state index in [-0.39, 0.29) is 23.7 Å². The highest BCUT2D eigenvalue weighted by atomic mass is 16.2. The van der Waals surface area contributed by atoms with Crippen LogP contribution in [0.1, 0.15) is 52.5 Å². The second-order valence-corrected chi connectivity index (χ2v) is 7.30. The van der Waals surface area contributed by atoms with Gasteiger partial charge in [0.05, 0.1) is 6.04 Å². The number of aldehydes is 1. The Bertz CT molecular complexity index is 572. The van der Waals surface area contributed by atoms with Gasteiger partial charge in [-0.3, -0.25) is 9.59 Å². The third-order valence-corrected chi connectivity index (χ3v) is 4.25. The van der Waals surface area contributed by atoms with Gasteiger partial charge in [-0.15, -0.1) is 0 Å². The number of hydrogen-bond acceptors (Lipinski definition) is 3. The molecule has 2 amide bonds. The topological polar surface area (TPSA) is 75.3 Å². The standard InChI is InChI=1S/C21H32N2O3/c1-5-9-18(13-17-10-7-6-8-11-17)20(25)23-19(12-15(2)3)21(26)22-16(4)14-24/h6-8,10-11,14-16,18-19H,5,9,12-13H2,1-4H3,(H,22,26)(H,23,25)/t16-,18+,19?/m0/s1. The van der Waals surface area contributed by atoms with E-state index in [1.807, 2.05) is 44.2 Å². The van der Waals surface area contributed by atoms with Gasteiger partial charge in [-0.25, -0.2) is 0 Å². The number of carbonyl (C=O) groups excluding carboxylic acids is 3. The van der Waals surface area contributed by atoms with Crippen LogP contribution in [0.2, 0.25) is 0 Å². The molecule has 1 rings (SSSR count). The molecule has 144 valence electrons. The maximum absolute atomic E-state index is 12.8. The minimum atomic E-state index is -0.625. The summed E-state index contributed by atoms with van der Waals surface area (Å²) in [6, 6.07) is 8.72. The first kappa shape index (κ1) is 21.9. The Balaban J connectivity index is 2.82. The van der Waals surface area contributed by atoms with Crippen molar-refractivity contribution in [3.63, 3.8) is 0 Å². The SMILES string of the molecule is CCC[C@H](Cc1ccccc1)C(=O)NC(CC(C)C)C(=O)N[C@@H](C)C=O. The lowest BCUT2D eigenvalue weighted by molar-refractivity contribution is -0.132. The quantitative estimate of drug-likeness (QED) is 0.596. The second kappa shape index (κ2) is 11.4. The van der Waals surface area contributed by atoms with Crippen molar-refractivity contribution in [3.8, 4) is 0 Å². The molecular weight excluding hydrogens is 328 g/mol. The highest BCUT2D eigenvalue weighted by molar-refractivity contribution is 5.89. The van der Waals surface area contributed by atoms with Crippen LogP contribution in [0.15, 0.2) is 30.3 Å². The normalized spacial score (nSPS) is 14.3. The van der Waals surface area contributed by atoms with Gasteiger partial charge in [0, 0.05) is 5.92 Å². The summed E-state index contributed by atoms with van der Waals surface area (Å²) in [6.45, 7) is 7.68. The first-order chi connectivity index (χ1) is 12.4. The maximum Gasteiger partial charge on any atom is 0.243 e. The van der Waals surface area contributed by atoms with Gasteiger partial charge in [0.15, 0.2) is 0 Å². The molecule has 0 fully saturated rings. The van der Waals surface area contributed by atoms with E-state index in [0.717, 1.165) is 18.4 Å². The minimum absolute atomic E-state index is 0.102. The van der Waals surface area contributed by atoms with Gasteiger partial charge in [0.1, 0.15) is 12.3 Å². The summed E-state index contributed by atoms with van der Waals surface area (Å²) in [5.41, 5.74) is 1.11. The predicted molar refractivity (Wildman–Crippen MR) is 104 cm³/mol. The van der Waals surface area contributed by atoms with Gasteiger partial charge in [0.2, 0.25) is 11.8 Å². The smallest absolute Gasteiger partial charge is 0.243 e. The van der Waals surface area contributed by atoms with E-state index in [9.17, 15) is 14.4 Å². The zero-order valence-corrected chi connectivity index (χ0v) is 16.3. The van der Waals surface area contributed by atoms with Gasteiger partial charge in [-0.2, -0.15) is 0 Å². The van der Waals surface area contributed by atoms with Gasteiger partial charge < -0.3 is 15.4 Å². The molecule has 1 unspecified atom stereocenters. The molecule has 0 bridgehead atoms. The van der Waals surface area contributed by atoms with Crippen LogP contribution in [0.25, 0.3) is 0 Å². The summed E-state index contributed by atoms with van der Waals surface area (Å²) in [5, 5.41) is 5.56. The molecule has 0 aliphatic carbocycles. The molecule has 0 radical (unpaired) electrons. The molecule has 5 nitrogen and oxygen atoms in total. The Kier molecular flexibility index (Phi) is 9.63. The van der Waals surface area contributed by atoms with Gasteiger partial charge in [-0.05, 0) is 37.7 Å². The molecule has 0 spiro atoms. The summed E-state index contributed by atoms with van der Waals surface area (Å²) < 4.78 is 0. The van der Waals surface area contributed by atoms with Crippen LogP contribution >= 0.6 is 0 Å². The molecule has 1 aromatic carbocycles. The Morgan fingerprint density at radius 2 is 1.69 bits per heavy atom. The van der Waals surface area contributed by atoms with Gasteiger partial charge in [-0.1, -0.05) is 57.5 Å². The molecule has 0 aliphatic rings. The van der Waals surface area contributed by atoms with E-state index in [1.54, 1.807) is 6.92 Å². The van der Waals surface area contributed by atoms with Crippen molar-refractivity contribution in [1.82, 2.24) is 10.6 Å². The van der Waals surface area contributed by atoms with E-state index >= 15 is 0 Å². The van der Waals surface area contributed by atoms with Crippen LogP contribution in [-0.2, 0) is 20.8 Å². The van der Waals surface area contributed by atoms with E-state index in [0.29, 0.717) is 19.1 Å². The van der Waals surface area contributed by atoms with Crippen LogP contribution in [0.4, 0.5) is 0 Å². The first-order valence-corrected chi connectivity index (χ1v) is 9.47. The van der Waals surface area contributed by atoms with Gasteiger partial charge >= 0.3 is 0 Å². The molecule has 0 aromatic heterocycles. The predicted octanol–water partition coefficient (Wildman–Crippen LogP) is 2.88. The second-order valence-electron chi connectivity index (χ2n) is 7.30. The fourth-order valence-electron chi connectivity index (χ4n) is 2.92. The molecular formula is C21H32N2O3. The minimum Gasteiger partial charge on any atom is -0.345 e. The van der Waals surface area contributed by atoms with Crippen molar-refractivity contribution in [2.45, 2.75) is 65.5 Å². The molecule has 1 aromatic rings. The molecule has 3 atom stereocenters. The van der Waals surface area contributed by atoms with Crippen LogP contribution in [0.3, 0.4) is 0 Å². The largest absolute Gasteiger partial charge is 0.345 e. The summed E-state index contributed by atoms with van der Waals surface area (Å²) >= 11 is 0. The Morgan fingerprint density at radius 3 is 2.23 bits per heavy atom. The van der Waals surface area contributed by atoms with Crippen molar-refractivity contribution in [2.75, 3.05) is 0 Å². The molecule has 5 heteroatoms. The lowest BCUT2D eigenvalue weighted by atomic mass is 9.93. The van der Waals surface area contributed by atoms with Crippen molar-refractivity contribution in [2.24, 2.45) is 11.8 Å². The van der Waals surface area contributed by atoms with Crippen molar-refractivity contribution in [1.29, 1.82) is 0 Å². The fraction of sp³-hybridized carbons (Fsp3) is 0.571. The molecule has 0 saturated carbocycles. The van der Waals surface area contributed by atoms with E-state index in [4.69, 9.17) is 0 Å². The van der Waals surface area contributed by atoms with Crippen LogP contribution in [0, 0.1) is 11.8 Å². The third-order valence-electron chi connectivity index (χ3n) is 4.25. The maximum atomic E-state index is 12.8. The summed E-state index contributed by atoms with van der Waals surface area (Å²) in [5.74, 6) is -0.332. The highest BCUT2D eigenvalue weighted by Gasteiger charge is 2.26. The Labute approximate surface area is 156 Å². The lowest BCUT2D eigenvalue weighted by Gasteiger charge is -2.24. The van der Waals surface area contributed by atoms with Crippen molar-refractivity contribution < 1.29 is 14.4 Å². The summed E-state index contributed by atoms with van der Waals surface area (Å²) in [4.78, 5) is 36.1. The van der Waals surface area contributed by atoms with Crippen LogP contribution < -0.4 is 10.6 Å². The van der Waals surface area contributed by atoms with Gasteiger partial charge in [0.25, 0.3) is 0 Å². The fourth-order valence-corrected chi connectivity index (χ4v) is 2.92. The van der Waals surface area contributed by atoms with E-state index in [1.165, 1.54) is 0 Å². The molecule has 26 heavy (non-hydrogen) atoms. The molecule has 0 heterocycles. The average Bonchev–Trinajstić information content (AvgIpc) is 2.61. The number of amides is 2. The highest BCUT2D eigenvalue weighted by Crippen LogP contribution is 2.16. The molecule has 0 aliphatic heterocycles. The average molecular weight is 360 g/mol. The summed E-state index contributed by atoms with van der Waals surface area (Å²) in [7, 11) is 0. The first-order valence-electron chi connectivity index (χ1n) is 9.47. The molecule has 0 saturated heterocycles. The Hall–Kier alpha value is -2.17.